The van der Waals surface area contributed by atoms with Gasteiger partial charge in [-0.25, -0.2) is 4.98 Å². The molecule has 0 N–H and O–H groups in total. The highest BCUT2D eigenvalue weighted by Gasteiger charge is 2.19. The van der Waals surface area contributed by atoms with Gasteiger partial charge in [0.2, 0.25) is 5.88 Å². The number of rotatable bonds is 3. The fraction of sp³-hybridized carbons (Fsp3) is 0.545. The molecule has 0 atom stereocenters. The summed E-state index contributed by atoms with van der Waals surface area (Å²) in [5, 5.41) is 0.869. The Morgan fingerprint density at radius 2 is 2.19 bits per heavy atom. The van der Waals surface area contributed by atoms with Crippen LogP contribution < -0.4 is 4.74 Å². The molecule has 0 unspecified atom stereocenters. The molecule has 1 saturated heterocycles. The van der Waals surface area contributed by atoms with Gasteiger partial charge in [-0.2, -0.15) is 0 Å². The van der Waals surface area contributed by atoms with Crippen LogP contribution in [0.4, 0.5) is 4.48 Å². The Bertz CT molecular complexity index is 325. The molecule has 1 aromatic rings. The van der Waals surface area contributed by atoms with Crippen LogP contribution in [0, 0.1) is 5.92 Å². The third-order valence-corrected chi connectivity index (χ3v) is 3.20. The highest BCUT2D eigenvalue weighted by Crippen LogP contribution is 2.19. The molecule has 0 aromatic carbocycles. The predicted molar refractivity (Wildman–Crippen MR) is 62.8 cm³/mol. The first-order valence-electron chi connectivity index (χ1n) is 5.39. The second-order valence-electron chi connectivity index (χ2n) is 3.98. The first-order valence-corrected chi connectivity index (χ1v) is 6.18. The zero-order chi connectivity index (χ0) is 11.4. The lowest BCUT2D eigenvalue weighted by atomic mass is 9.99. The van der Waals surface area contributed by atoms with E-state index in [2.05, 4.69) is 20.9 Å². The molecule has 1 aliphatic rings. The first kappa shape index (κ1) is 11.8. The molecule has 0 spiro atoms. The number of pyridine rings is 1. The predicted octanol–water partition coefficient (Wildman–Crippen LogP) is 2.82. The summed E-state index contributed by atoms with van der Waals surface area (Å²) in [6.07, 6.45) is 3.42. The maximum absolute atomic E-state index is 12.7. The largest absolute Gasteiger partial charge is 0.477 e. The summed E-state index contributed by atoms with van der Waals surface area (Å²) in [6.45, 7) is 1.66. The average molecular weight is 289 g/mol. The molecule has 0 saturated carbocycles. The number of hydrogen-bond donors (Lipinski definition) is 0. The number of aromatic nitrogens is 1. The second kappa shape index (κ2) is 5.59. The Hall–Kier alpha value is -0.680. The topological polar surface area (TPSA) is 25.4 Å². The van der Waals surface area contributed by atoms with Crippen molar-refractivity contribution in [3.8, 4) is 5.88 Å². The molecule has 0 bridgehead atoms. The van der Waals surface area contributed by atoms with Crippen LogP contribution in [0.2, 0.25) is 0 Å². The molecule has 3 nitrogen and oxygen atoms in total. The van der Waals surface area contributed by atoms with E-state index in [0.29, 0.717) is 31.5 Å². The molecule has 1 fully saturated rings. The quantitative estimate of drug-likeness (QED) is 0.800. The third kappa shape index (κ3) is 3.42. The molecule has 1 aromatic heterocycles. The minimum Gasteiger partial charge on any atom is -0.477 e. The highest BCUT2D eigenvalue weighted by molar-refractivity contribution is 9.10. The van der Waals surface area contributed by atoms with E-state index < -0.39 is 0 Å². The van der Waals surface area contributed by atoms with Crippen molar-refractivity contribution in [1.29, 1.82) is 0 Å². The Morgan fingerprint density at radius 1 is 1.44 bits per heavy atom. The number of ether oxygens (including phenoxy) is 1. The summed E-state index contributed by atoms with van der Waals surface area (Å²) in [6, 6.07) is 3.72. The van der Waals surface area contributed by atoms with Crippen molar-refractivity contribution in [3.05, 3.63) is 22.8 Å². The fourth-order valence-corrected chi connectivity index (χ4v) is 1.95. The summed E-state index contributed by atoms with van der Waals surface area (Å²) in [7, 11) is 0. The normalized spacial score (nSPS) is 18.6. The first-order chi connectivity index (χ1) is 7.74. The fourth-order valence-electron chi connectivity index (χ4n) is 1.72. The van der Waals surface area contributed by atoms with E-state index in [1.807, 2.05) is 12.1 Å². The monoisotopic (exact) mass is 288 g/mol. The van der Waals surface area contributed by atoms with Gasteiger partial charge in [-0.1, -0.05) is 0 Å². The van der Waals surface area contributed by atoms with Gasteiger partial charge < -0.3 is 4.74 Å². The Morgan fingerprint density at radius 3 is 2.81 bits per heavy atom. The van der Waals surface area contributed by atoms with Gasteiger partial charge >= 0.3 is 0 Å². The van der Waals surface area contributed by atoms with Crippen LogP contribution in [-0.2, 0) is 0 Å². The molecule has 2 rings (SSSR count). The average Bonchev–Trinajstić information content (AvgIpc) is 2.30. The minimum atomic E-state index is 0.442. The van der Waals surface area contributed by atoms with Crippen molar-refractivity contribution < 1.29 is 9.22 Å². The molecule has 88 valence electrons. The zero-order valence-corrected chi connectivity index (χ0v) is 10.5. The van der Waals surface area contributed by atoms with E-state index in [1.54, 1.807) is 6.20 Å². The van der Waals surface area contributed by atoms with Crippen LogP contribution in [0.15, 0.2) is 22.8 Å². The third-order valence-electron chi connectivity index (χ3n) is 2.73. The van der Waals surface area contributed by atoms with E-state index in [0.717, 1.165) is 22.4 Å². The van der Waals surface area contributed by atoms with Gasteiger partial charge in [-0.05, 0) is 40.8 Å². The number of piperidine rings is 1. The van der Waals surface area contributed by atoms with Crippen LogP contribution in [0.25, 0.3) is 0 Å². The number of nitrogens with zero attached hydrogens (tertiary/aromatic N) is 2. The van der Waals surface area contributed by atoms with Gasteiger partial charge in [0.05, 0.1) is 6.61 Å². The van der Waals surface area contributed by atoms with E-state index in [-0.39, 0.29) is 0 Å². The molecule has 0 radical (unpaired) electrons. The van der Waals surface area contributed by atoms with Crippen molar-refractivity contribution in [3.63, 3.8) is 0 Å². The number of halogens is 2. The number of hydrogen-bond acceptors (Lipinski definition) is 3. The SMILES string of the molecule is FN1CCC(COc2ccc(Br)cn2)CC1. The van der Waals surface area contributed by atoms with Crippen molar-refractivity contribution in [2.45, 2.75) is 12.8 Å². The molecule has 1 aliphatic heterocycles. The summed E-state index contributed by atoms with van der Waals surface area (Å²) in [4.78, 5) is 4.12. The van der Waals surface area contributed by atoms with Crippen molar-refractivity contribution in [1.82, 2.24) is 10.1 Å². The molecule has 0 aliphatic carbocycles. The van der Waals surface area contributed by atoms with E-state index in [1.165, 1.54) is 0 Å². The highest BCUT2D eigenvalue weighted by atomic mass is 79.9. The van der Waals surface area contributed by atoms with Gasteiger partial charge in [-0.3, -0.25) is 0 Å². The van der Waals surface area contributed by atoms with E-state index in [4.69, 9.17) is 4.74 Å². The summed E-state index contributed by atoms with van der Waals surface area (Å²) in [5.74, 6) is 1.07. The molecular formula is C11H14BrFN2O. The lowest BCUT2D eigenvalue weighted by Crippen LogP contribution is -2.30. The lowest BCUT2D eigenvalue weighted by Gasteiger charge is -2.25. The van der Waals surface area contributed by atoms with Crippen molar-refractivity contribution in [2.24, 2.45) is 5.92 Å². The minimum absolute atomic E-state index is 0.442. The van der Waals surface area contributed by atoms with Crippen LogP contribution >= 0.6 is 15.9 Å². The van der Waals surface area contributed by atoms with Crippen molar-refractivity contribution >= 4 is 15.9 Å². The van der Waals surface area contributed by atoms with Gasteiger partial charge in [0.15, 0.2) is 0 Å². The Balaban J connectivity index is 1.77. The molecule has 0 amide bonds. The molecule has 5 heteroatoms. The van der Waals surface area contributed by atoms with E-state index >= 15 is 0 Å². The maximum Gasteiger partial charge on any atom is 0.213 e. The van der Waals surface area contributed by atoms with Crippen molar-refractivity contribution in [2.75, 3.05) is 19.7 Å². The molecule has 2 heterocycles. The second-order valence-corrected chi connectivity index (χ2v) is 4.89. The Kier molecular flexibility index (Phi) is 4.12. The van der Waals surface area contributed by atoms with E-state index in [9.17, 15) is 4.48 Å². The van der Waals surface area contributed by atoms with Gasteiger partial charge in [0.25, 0.3) is 0 Å². The summed E-state index contributed by atoms with van der Waals surface area (Å²) >= 11 is 3.31. The maximum atomic E-state index is 12.7. The zero-order valence-electron chi connectivity index (χ0n) is 8.90. The standard InChI is InChI=1S/C11H14BrFN2O/c12-10-1-2-11(14-7-10)16-8-9-3-5-15(13)6-4-9/h1-2,7,9H,3-6,8H2. The van der Waals surface area contributed by atoms with Gasteiger partial charge in [-0.15, -0.1) is 9.60 Å². The van der Waals surface area contributed by atoms with Crippen LogP contribution in [0.3, 0.4) is 0 Å². The Labute approximate surface area is 103 Å². The summed E-state index contributed by atoms with van der Waals surface area (Å²) in [5.41, 5.74) is 0. The van der Waals surface area contributed by atoms with Gasteiger partial charge in [0, 0.05) is 29.8 Å². The lowest BCUT2D eigenvalue weighted by molar-refractivity contribution is -0.0150. The van der Waals surface area contributed by atoms with Crippen LogP contribution in [0.5, 0.6) is 5.88 Å². The van der Waals surface area contributed by atoms with Crippen LogP contribution in [0.1, 0.15) is 12.8 Å². The van der Waals surface area contributed by atoms with Gasteiger partial charge in [0.1, 0.15) is 0 Å². The van der Waals surface area contributed by atoms with Crippen LogP contribution in [-0.4, -0.2) is 29.8 Å². The molecule has 16 heavy (non-hydrogen) atoms. The molecular weight excluding hydrogens is 275 g/mol. The summed E-state index contributed by atoms with van der Waals surface area (Å²) < 4.78 is 19.2. The smallest absolute Gasteiger partial charge is 0.213 e.